The number of carbonyl (C=O) groups is 1. The third-order valence-electron chi connectivity index (χ3n) is 3.57. The molecular weight excluding hydrogens is 356 g/mol. The lowest BCUT2D eigenvalue weighted by Crippen LogP contribution is -2.28. The Bertz CT molecular complexity index is 1120. The Labute approximate surface area is 150 Å². The monoisotopic (exact) mass is 368 g/mol. The summed E-state index contributed by atoms with van der Waals surface area (Å²) < 4.78 is 11.5. The van der Waals surface area contributed by atoms with Gasteiger partial charge in [0.25, 0.3) is 5.56 Å². The van der Waals surface area contributed by atoms with Gasteiger partial charge in [-0.05, 0) is 23.6 Å². The lowest BCUT2D eigenvalue weighted by atomic mass is 10.2. The van der Waals surface area contributed by atoms with Crippen molar-refractivity contribution in [2.75, 3.05) is 0 Å². The topological polar surface area (TPSA) is 100 Å². The molecule has 0 aliphatic carbocycles. The smallest absolute Gasteiger partial charge is 0.328 e. The number of oxazole rings is 1. The molecule has 3 heterocycles. The van der Waals surface area contributed by atoms with Gasteiger partial charge in [-0.2, -0.15) is 4.68 Å². The highest BCUT2D eigenvalue weighted by Gasteiger charge is 2.13. The highest BCUT2D eigenvalue weighted by molar-refractivity contribution is 7.13. The van der Waals surface area contributed by atoms with Gasteiger partial charge in [0.15, 0.2) is 0 Å². The number of esters is 1. The summed E-state index contributed by atoms with van der Waals surface area (Å²) in [7, 11) is 0. The van der Waals surface area contributed by atoms with Crippen LogP contribution in [0.2, 0.25) is 0 Å². The molecule has 0 aliphatic rings. The average molecular weight is 368 g/mol. The van der Waals surface area contributed by atoms with E-state index in [1.54, 1.807) is 24.3 Å². The van der Waals surface area contributed by atoms with Gasteiger partial charge >= 0.3 is 5.97 Å². The van der Waals surface area contributed by atoms with E-state index in [0.717, 1.165) is 9.56 Å². The van der Waals surface area contributed by atoms with Crippen LogP contribution in [-0.2, 0) is 22.7 Å². The van der Waals surface area contributed by atoms with Gasteiger partial charge in [-0.3, -0.25) is 9.59 Å². The molecule has 0 bridgehead atoms. The average Bonchev–Trinajstić information content (AvgIpc) is 3.34. The first kappa shape index (κ1) is 16.2. The molecule has 1 aromatic carbocycles. The molecule has 4 rings (SSSR count). The Morgan fingerprint density at radius 3 is 2.96 bits per heavy atom. The van der Waals surface area contributed by atoms with Gasteiger partial charge in [-0.25, -0.2) is 4.98 Å². The number of aromatic nitrogens is 4. The predicted molar refractivity (Wildman–Crippen MR) is 93.4 cm³/mol. The third-order valence-corrected chi connectivity index (χ3v) is 4.43. The van der Waals surface area contributed by atoms with Crippen molar-refractivity contribution in [2.24, 2.45) is 0 Å². The standard InChI is InChI=1S/C17H12N4O4S/c22-15(8-21-17(23)12-4-1-2-5-13(12)19-20-21)24-9-11-10-25-16(18-11)14-6-3-7-26-14/h1-7,10H,8-9H2. The lowest BCUT2D eigenvalue weighted by molar-refractivity contribution is -0.146. The van der Waals surface area contributed by atoms with E-state index in [2.05, 4.69) is 15.3 Å². The van der Waals surface area contributed by atoms with E-state index in [-0.39, 0.29) is 13.2 Å². The molecule has 8 nitrogen and oxygen atoms in total. The molecule has 0 unspecified atom stereocenters. The maximum atomic E-state index is 12.3. The SMILES string of the molecule is O=C(Cn1nnc2ccccc2c1=O)OCc1coc(-c2cccs2)n1. The van der Waals surface area contributed by atoms with Crippen molar-refractivity contribution >= 4 is 28.2 Å². The molecule has 0 atom stereocenters. The largest absolute Gasteiger partial charge is 0.458 e. The minimum atomic E-state index is -0.614. The summed E-state index contributed by atoms with van der Waals surface area (Å²) in [6.07, 6.45) is 1.43. The summed E-state index contributed by atoms with van der Waals surface area (Å²) in [5.74, 6) is -0.139. The normalized spacial score (nSPS) is 10.9. The van der Waals surface area contributed by atoms with Crippen molar-refractivity contribution < 1.29 is 13.9 Å². The van der Waals surface area contributed by atoms with Gasteiger partial charge in [0, 0.05) is 0 Å². The summed E-state index contributed by atoms with van der Waals surface area (Å²) >= 11 is 1.50. The maximum absolute atomic E-state index is 12.3. The number of ether oxygens (including phenoxy) is 1. The van der Waals surface area contributed by atoms with Crippen molar-refractivity contribution in [3.05, 3.63) is 64.1 Å². The molecule has 3 aromatic heterocycles. The molecule has 0 amide bonds. The van der Waals surface area contributed by atoms with Crippen molar-refractivity contribution in [1.82, 2.24) is 20.0 Å². The minimum absolute atomic E-state index is 0.0521. The number of fused-ring (bicyclic) bond motifs is 1. The van der Waals surface area contributed by atoms with Gasteiger partial charge in [-0.15, -0.1) is 16.4 Å². The summed E-state index contributed by atoms with van der Waals surface area (Å²) in [6, 6.07) is 10.6. The zero-order chi connectivity index (χ0) is 17.9. The van der Waals surface area contributed by atoms with E-state index in [9.17, 15) is 9.59 Å². The molecule has 9 heteroatoms. The number of hydrogen-bond acceptors (Lipinski definition) is 8. The van der Waals surface area contributed by atoms with Crippen LogP contribution >= 0.6 is 11.3 Å². The van der Waals surface area contributed by atoms with Crippen LogP contribution in [0.15, 0.2) is 57.3 Å². The van der Waals surface area contributed by atoms with E-state index < -0.39 is 11.5 Å². The van der Waals surface area contributed by atoms with Gasteiger partial charge in [-0.1, -0.05) is 23.4 Å². The fraction of sp³-hybridized carbons (Fsp3) is 0.118. The second-order valence-electron chi connectivity index (χ2n) is 5.35. The number of thiophene rings is 1. The van der Waals surface area contributed by atoms with Crippen LogP contribution in [0.5, 0.6) is 0 Å². The minimum Gasteiger partial charge on any atom is -0.458 e. The maximum Gasteiger partial charge on any atom is 0.328 e. The Balaban J connectivity index is 1.42. The predicted octanol–water partition coefficient (Wildman–Crippen LogP) is 2.25. The second kappa shape index (κ2) is 6.89. The lowest BCUT2D eigenvalue weighted by Gasteiger charge is -2.05. The Hall–Kier alpha value is -3.33. The Morgan fingerprint density at radius 2 is 2.12 bits per heavy atom. The van der Waals surface area contributed by atoms with E-state index in [1.807, 2.05) is 17.5 Å². The zero-order valence-electron chi connectivity index (χ0n) is 13.4. The van der Waals surface area contributed by atoms with Gasteiger partial charge < -0.3 is 9.15 Å². The van der Waals surface area contributed by atoms with E-state index in [4.69, 9.17) is 9.15 Å². The van der Waals surface area contributed by atoms with Crippen LogP contribution in [0.3, 0.4) is 0 Å². The number of hydrogen-bond donors (Lipinski definition) is 0. The summed E-state index contributed by atoms with van der Waals surface area (Å²) in [6.45, 7) is -0.379. The Morgan fingerprint density at radius 1 is 1.23 bits per heavy atom. The molecule has 0 aliphatic heterocycles. The molecule has 0 spiro atoms. The summed E-state index contributed by atoms with van der Waals surface area (Å²) in [5, 5.41) is 10.00. The third kappa shape index (κ3) is 3.24. The molecule has 0 fully saturated rings. The molecule has 0 N–H and O–H groups in total. The quantitative estimate of drug-likeness (QED) is 0.498. The fourth-order valence-corrected chi connectivity index (χ4v) is 2.99. The molecule has 0 radical (unpaired) electrons. The van der Waals surface area contributed by atoms with Gasteiger partial charge in [0.2, 0.25) is 5.89 Å². The molecular formula is C17H12N4O4S. The first-order chi connectivity index (χ1) is 12.7. The van der Waals surface area contributed by atoms with Crippen LogP contribution in [0.1, 0.15) is 5.69 Å². The second-order valence-corrected chi connectivity index (χ2v) is 6.30. The van der Waals surface area contributed by atoms with Crippen molar-refractivity contribution in [3.8, 4) is 10.8 Å². The van der Waals surface area contributed by atoms with Crippen molar-refractivity contribution in [1.29, 1.82) is 0 Å². The molecule has 4 aromatic rings. The van der Waals surface area contributed by atoms with Crippen LogP contribution < -0.4 is 5.56 Å². The summed E-state index contributed by atoms with van der Waals surface area (Å²) in [4.78, 5) is 29.5. The first-order valence-corrected chi connectivity index (χ1v) is 8.55. The van der Waals surface area contributed by atoms with Crippen LogP contribution in [0.25, 0.3) is 21.7 Å². The molecule has 0 saturated carbocycles. The summed E-state index contributed by atoms with van der Waals surface area (Å²) in [5.41, 5.74) is 0.568. The molecule has 0 saturated heterocycles. The number of rotatable bonds is 5. The zero-order valence-corrected chi connectivity index (χ0v) is 14.2. The number of benzene rings is 1. The van der Waals surface area contributed by atoms with E-state index >= 15 is 0 Å². The number of carbonyl (C=O) groups excluding carboxylic acids is 1. The van der Waals surface area contributed by atoms with Crippen LogP contribution in [0.4, 0.5) is 0 Å². The van der Waals surface area contributed by atoms with Gasteiger partial charge in [0.1, 0.15) is 30.6 Å². The highest BCUT2D eigenvalue weighted by atomic mass is 32.1. The number of nitrogens with zero attached hydrogens (tertiary/aromatic N) is 4. The van der Waals surface area contributed by atoms with Crippen molar-refractivity contribution in [2.45, 2.75) is 13.2 Å². The van der Waals surface area contributed by atoms with Crippen LogP contribution in [0, 0.1) is 0 Å². The van der Waals surface area contributed by atoms with E-state index in [0.29, 0.717) is 22.5 Å². The Kier molecular flexibility index (Phi) is 4.28. The molecule has 130 valence electrons. The van der Waals surface area contributed by atoms with Gasteiger partial charge in [0.05, 0.1) is 10.3 Å². The van der Waals surface area contributed by atoms with Crippen LogP contribution in [-0.4, -0.2) is 25.9 Å². The highest BCUT2D eigenvalue weighted by Crippen LogP contribution is 2.23. The molecule has 26 heavy (non-hydrogen) atoms. The fourth-order valence-electron chi connectivity index (χ4n) is 2.34. The van der Waals surface area contributed by atoms with E-state index in [1.165, 1.54) is 17.6 Å². The first-order valence-electron chi connectivity index (χ1n) is 7.67. The van der Waals surface area contributed by atoms with Crippen molar-refractivity contribution in [3.63, 3.8) is 0 Å².